The first-order valence-electron chi connectivity index (χ1n) is 7.20. The molecule has 1 aromatic carbocycles. The molecular weight excluding hydrogens is 281 g/mol. The van der Waals surface area contributed by atoms with E-state index in [1.54, 1.807) is 14.2 Å². The van der Waals surface area contributed by atoms with Gasteiger partial charge in [-0.15, -0.1) is 0 Å². The Morgan fingerprint density at radius 3 is 2.77 bits per heavy atom. The molecule has 0 radical (unpaired) electrons. The molecule has 1 aliphatic rings. The predicted octanol–water partition coefficient (Wildman–Crippen LogP) is 2.36. The number of ether oxygens (including phenoxy) is 2. The molecule has 5 nitrogen and oxygen atoms in total. The van der Waals surface area contributed by atoms with Crippen molar-refractivity contribution >= 4 is 7.12 Å². The van der Waals surface area contributed by atoms with E-state index in [1.165, 1.54) is 0 Å². The number of hydrogen-bond donors (Lipinski definition) is 1. The summed E-state index contributed by atoms with van der Waals surface area (Å²) in [5, 5.41) is 9.51. The Bertz CT molecular complexity index is 664. The number of methoxy groups -OCH3 is 2. The number of hydrogen-bond acceptors (Lipinski definition) is 5. The maximum absolute atomic E-state index is 9.51. The fraction of sp³-hybridized carbons (Fsp3) is 0.312. The lowest BCUT2D eigenvalue weighted by atomic mass is 9.79. The van der Waals surface area contributed by atoms with Crippen LogP contribution in [0.2, 0.25) is 6.32 Å². The highest BCUT2D eigenvalue weighted by Crippen LogP contribution is 2.32. The molecule has 1 N–H and O–H groups in total. The highest BCUT2D eigenvalue weighted by molar-refractivity contribution is 6.43. The van der Waals surface area contributed by atoms with E-state index < -0.39 is 7.12 Å². The van der Waals surface area contributed by atoms with Crippen molar-refractivity contribution in [3.63, 3.8) is 0 Å². The molecule has 0 aliphatic carbocycles. The number of aromatic nitrogens is 1. The maximum Gasteiger partial charge on any atom is 0.454 e. The van der Waals surface area contributed by atoms with E-state index in [4.69, 9.17) is 14.1 Å². The van der Waals surface area contributed by atoms with Crippen molar-refractivity contribution in [2.75, 3.05) is 20.8 Å². The molecule has 1 aliphatic heterocycles. The molecule has 2 heterocycles. The van der Waals surface area contributed by atoms with Crippen LogP contribution in [-0.4, -0.2) is 38.0 Å². The van der Waals surface area contributed by atoms with Crippen LogP contribution in [0.3, 0.4) is 0 Å². The second kappa shape index (κ2) is 6.38. The molecule has 1 aromatic heterocycles. The van der Waals surface area contributed by atoms with Crippen molar-refractivity contribution in [2.24, 2.45) is 0 Å². The minimum atomic E-state index is -0.659. The Balaban J connectivity index is 1.92. The van der Waals surface area contributed by atoms with Crippen LogP contribution in [0.5, 0.6) is 11.6 Å². The highest BCUT2D eigenvalue weighted by Gasteiger charge is 2.29. The second-order valence-electron chi connectivity index (χ2n) is 5.25. The van der Waals surface area contributed by atoms with Gasteiger partial charge in [0.15, 0.2) is 5.75 Å². The van der Waals surface area contributed by atoms with E-state index in [2.05, 4.69) is 17.1 Å². The lowest BCUT2D eigenvalue weighted by Crippen LogP contribution is -2.07. The molecular formula is C16H18BNO4. The van der Waals surface area contributed by atoms with Gasteiger partial charge in [0.1, 0.15) is 0 Å². The van der Waals surface area contributed by atoms with E-state index in [-0.39, 0.29) is 5.92 Å². The van der Waals surface area contributed by atoms with Crippen molar-refractivity contribution in [1.29, 1.82) is 0 Å². The van der Waals surface area contributed by atoms with Gasteiger partial charge in [-0.05, 0) is 30.1 Å². The molecule has 0 unspecified atom stereocenters. The van der Waals surface area contributed by atoms with Crippen LogP contribution in [0, 0.1) is 0 Å². The van der Waals surface area contributed by atoms with Crippen LogP contribution in [-0.2, 0) is 4.65 Å². The molecule has 0 amide bonds. The van der Waals surface area contributed by atoms with Crippen LogP contribution in [0.4, 0.5) is 0 Å². The van der Waals surface area contributed by atoms with Gasteiger partial charge in [0.2, 0.25) is 0 Å². The van der Waals surface area contributed by atoms with E-state index in [9.17, 15) is 5.02 Å². The fourth-order valence-electron chi connectivity index (χ4n) is 2.68. The topological polar surface area (TPSA) is 60.8 Å². The summed E-state index contributed by atoms with van der Waals surface area (Å²) >= 11 is 0. The molecule has 1 fully saturated rings. The lowest BCUT2D eigenvalue weighted by Gasteiger charge is -2.12. The molecule has 0 bridgehead atoms. The van der Waals surface area contributed by atoms with Crippen LogP contribution >= 0.6 is 0 Å². The average Bonchev–Trinajstić information content (AvgIpc) is 3.01. The van der Waals surface area contributed by atoms with Gasteiger partial charge in [-0.3, -0.25) is 0 Å². The van der Waals surface area contributed by atoms with Gasteiger partial charge in [-0.1, -0.05) is 18.2 Å². The summed E-state index contributed by atoms with van der Waals surface area (Å²) in [5.74, 6) is 1.29. The monoisotopic (exact) mass is 299 g/mol. The van der Waals surface area contributed by atoms with Gasteiger partial charge < -0.3 is 19.2 Å². The van der Waals surface area contributed by atoms with Crippen molar-refractivity contribution < 1.29 is 19.2 Å². The Kier molecular flexibility index (Phi) is 4.31. The molecule has 1 saturated heterocycles. The molecule has 6 heteroatoms. The van der Waals surface area contributed by atoms with Crippen LogP contribution in [0.25, 0.3) is 11.3 Å². The summed E-state index contributed by atoms with van der Waals surface area (Å²) in [6, 6.07) is 11.9. The minimum Gasteiger partial charge on any atom is -0.491 e. The molecule has 2 aromatic rings. The number of nitrogens with zero attached hydrogens (tertiary/aromatic N) is 1. The summed E-state index contributed by atoms with van der Waals surface area (Å²) in [7, 11) is 2.50. The summed E-state index contributed by atoms with van der Waals surface area (Å²) in [6.45, 7) is 0.546. The Labute approximate surface area is 130 Å². The van der Waals surface area contributed by atoms with Gasteiger partial charge in [0.25, 0.3) is 5.88 Å². The van der Waals surface area contributed by atoms with Gasteiger partial charge >= 0.3 is 7.12 Å². The zero-order valence-electron chi connectivity index (χ0n) is 12.7. The van der Waals surface area contributed by atoms with Crippen LogP contribution in [0.1, 0.15) is 11.5 Å². The maximum atomic E-state index is 9.51. The Hall–Kier alpha value is -2.05. The fourth-order valence-corrected chi connectivity index (χ4v) is 2.68. The number of pyridine rings is 1. The van der Waals surface area contributed by atoms with E-state index in [1.807, 2.05) is 24.3 Å². The van der Waals surface area contributed by atoms with Crippen LogP contribution < -0.4 is 9.47 Å². The van der Waals surface area contributed by atoms with E-state index in [0.29, 0.717) is 24.6 Å². The first-order chi connectivity index (χ1) is 10.7. The van der Waals surface area contributed by atoms with Gasteiger partial charge in [0, 0.05) is 18.1 Å². The van der Waals surface area contributed by atoms with Crippen molar-refractivity contribution in [3.05, 3.63) is 42.0 Å². The molecule has 1 atom stereocenters. The molecule has 114 valence electrons. The molecule has 3 rings (SSSR count). The SMILES string of the molecule is COc1ccc(-c2cccc([C@H]3COB(O)C3)c2)nc1OC. The standard InChI is InChI=1S/C16H18BNO4/c1-20-15-7-6-14(18-16(15)21-2)12-5-3-4-11(8-12)13-9-17(19)22-10-13/h3-8,13,19H,9-10H2,1-2H3/t13-/m1/s1. The van der Waals surface area contributed by atoms with Crippen molar-refractivity contribution in [3.8, 4) is 22.9 Å². The van der Waals surface area contributed by atoms with Crippen LogP contribution in [0.15, 0.2) is 36.4 Å². The first-order valence-corrected chi connectivity index (χ1v) is 7.20. The number of benzene rings is 1. The van der Waals surface area contributed by atoms with E-state index >= 15 is 0 Å². The Morgan fingerprint density at radius 1 is 1.23 bits per heavy atom. The van der Waals surface area contributed by atoms with Crippen molar-refractivity contribution in [1.82, 2.24) is 4.98 Å². The Morgan fingerprint density at radius 2 is 2.09 bits per heavy atom. The average molecular weight is 299 g/mol. The zero-order valence-corrected chi connectivity index (χ0v) is 12.7. The van der Waals surface area contributed by atoms with Gasteiger partial charge in [-0.2, -0.15) is 0 Å². The summed E-state index contributed by atoms with van der Waals surface area (Å²) in [6.07, 6.45) is 0.628. The first kappa shape index (κ1) is 14.9. The molecule has 0 saturated carbocycles. The van der Waals surface area contributed by atoms with Gasteiger partial charge in [-0.25, -0.2) is 4.98 Å². The predicted molar refractivity (Wildman–Crippen MR) is 84.2 cm³/mol. The largest absolute Gasteiger partial charge is 0.491 e. The summed E-state index contributed by atoms with van der Waals surface area (Å²) < 4.78 is 15.7. The normalized spacial score (nSPS) is 17.6. The summed E-state index contributed by atoms with van der Waals surface area (Å²) in [4.78, 5) is 4.49. The molecule has 0 spiro atoms. The van der Waals surface area contributed by atoms with Gasteiger partial charge in [0.05, 0.1) is 19.9 Å². The molecule has 22 heavy (non-hydrogen) atoms. The third kappa shape index (κ3) is 2.93. The zero-order chi connectivity index (χ0) is 15.5. The lowest BCUT2D eigenvalue weighted by molar-refractivity contribution is 0.292. The quantitative estimate of drug-likeness (QED) is 0.878. The summed E-state index contributed by atoms with van der Waals surface area (Å²) in [5.41, 5.74) is 2.96. The minimum absolute atomic E-state index is 0.218. The smallest absolute Gasteiger partial charge is 0.454 e. The third-order valence-corrected chi connectivity index (χ3v) is 3.87. The highest BCUT2D eigenvalue weighted by atomic mass is 16.5. The second-order valence-corrected chi connectivity index (χ2v) is 5.25. The number of rotatable bonds is 4. The van der Waals surface area contributed by atoms with E-state index in [0.717, 1.165) is 16.8 Å². The van der Waals surface area contributed by atoms with Crippen molar-refractivity contribution in [2.45, 2.75) is 12.2 Å². The third-order valence-electron chi connectivity index (χ3n) is 3.87.